The molecule has 116 valence electrons. The Bertz CT molecular complexity index is 693. The van der Waals surface area contributed by atoms with E-state index in [0.29, 0.717) is 22.9 Å². The highest BCUT2D eigenvalue weighted by Gasteiger charge is 2.13. The Balaban J connectivity index is 2.28. The smallest absolute Gasteiger partial charge is 0.255 e. The number of carbonyl (C=O) groups is 1. The second kappa shape index (κ2) is 7.16. The summed E-state index contributed by atoms with van der Waals surface area (Å²) in [4.78, 5) is 12.4. The molecule has 0 heterocycles. The predicted molar refractivity (Wildman–Crippen MR) is 94.2 cm³/mol. The fourth-order valence-corrected chi connectivity index (χ4v) is 3.06. The fourth-order valence-electron chi connectivity index (χ4n) is 2.20. The predicted octanol–water partition coefficient (Wildman–Crippen LogP) is 5.37. The molecule has 0 atom stereocenters. The van der Waals surface area contributed by atoms with Gasteiger partial charge in [0.25, 0.3) is 5.91 Å². The summed E-state index contributed by atoms with van der Waals surface area (Å²) in [6.45, 7) is 6.29. The summed E-state index contributed by atoms with van der Waals surface area (Å²) in [5.74, 6) is 0.326. The molecule has 0 radical (unpaired) electrons. The number of carbonyl (C=O) groups excluding carboxylic acids is 1. The molecule has 3 nitrogen and oxygen atoms in total. The van der Waals surface area contributed by atoms with Gasteiger partial charge in [0, 0.05) is 15.7 Å². The first-order valence-corrected chi connectivity index (χ1v) is 8.10. The van der Waals surface area contributed by atoms with E-state index >= 15 is 0 Å². The molecule has 0 aliphatic carbocycles. The molecule has 0 aliphatic rings. The third-order valence-corrected chi connectivity index (χ3v) is 4.00. The summed E-state index contributed by atoms with van der Waals surface area (Å²) in [6, 6.07) is 8.95. The molecule has 0 spiro atoms. The first kappa shape index (κ1) is 16.8. The Kier molecular flexibility index (Phi) is 5.48. The van der Waals surface area contributed by atoms with Crippen molar-refractivity contribution in [2.45, 2.75) is 20.8 Å². The number of anilines is 1. The molecule has 1 amide bonds. The second-order valence-corrected chi connectivity index (χ2v) is 6.27. The van der Waals surface area contributed by atoms with E-state index in [-0.39, 0.29) is 5.91 Å². The maximum atomic E-state index is 12.4. The lowest BCUT2D eigenvalue weighted by molar-refractivity contribution is 0.102. The van der Waals surface area contributed by atoms with Crippen molar-refractivity contribution in [3.05, 3.63) is 56.5 Å². The standard InChI is InChI=1S/C17H17BrClNO2/c1-4-22-15-9-12(5-6-14(15)19)17(21)20-16-10(2)7-13(18)8-11(16)3/h5-9H,4H2,1-3H3,(H,20,21). The maximum Gasteiger partial charge on any atom is 0.255 e. The van der Waals surface area contributed by atoms with Crippen LogP contribution >= 0.6 is 27.5 Å². The summed E-state index contributed by atoms with van der Waals surface area (Å²) < 4.78 is 6.41. The molecule has 2 aromatic rings. The lowest BCUT2D eigenvalue weighted by Crippen LogP contribution is -2.14. The minimum Gasteiger partial charge on any atom is -0.492 e. The Labute approximate surface area is 143 Å². The van der Waals surface area contributed by atoms with Crippen LogP contribution in [0.4, 0.5) is 5.69 Å². The second-order valence-electron chi connectivity index (χ2n) is 4.95. The van der Waals surface area contributed by atoms with Gasteiger partial charge in [0.05, 0.1) is 11.6 Å². The van der Waals surface area contributed by atoms with Crippen LogP contribution in [0.1, 0.15) is 28.4 Å². The summed E-state index contributed by atoms with van der Waals surface area (Å²) in [5.41, 5.74) is 3.33. The van der Waals surface area contributed by atoms with Crippen LogP contribution in [0, 0.1) is 13.8 Å². The molecular weight excluding hydrogens is 366 g/mol. The number of nitrogens with one attached hydrogen (secondary N) is 1. The molecule has 22 heavy (non-hydrogen) atoms. The van der Waals surface area contributed by atoms with Crippen molar-refractivity contribution < 1.29 is 9.53 Å². The van der Waals surface area contributed by atoms with Gasteiger partial charge in [-0.15, -0.1) is 0 Å². The molecule has 0 saturated heterocycles. The van der Waals surface area contributed by atoms with E-state index in [0.717, 1.165) is 21.3 Å². The number of ether oxygens (including phenoxy) is 1. The van der Waals surface area contributed by atoms with E-state index in [2.05, 4.69) is 21.2 Å². The number of hydrogen-bond donors (Lipinski definition) is 1. The van der Waals surface area contributed by atoms with E-state index in [9.17, 15) is 4.79 Å². The minimum absolute atomic E-state index is 0.189. The zero-order valence-electron chi connectivity index (χ0n) is 12.7. The van der Waals surface area contributed by atoms with E-state index in [1.807, 2.05) is 32.9 Å². The summed E-state index contributed by atoms with van der Waals surface area (Å²) in [6.07, 6.45) is 0. The zero-order valence-corrected chi connectivity index (χ0v) is 15.0. The molecule has 0 saturated carbocycles. The first-order chi connectivity index (χ1) is 10.4. The maximum absolute atomic E-state index is 12.4. The molecule has 5 heteroatoms. The average molecular weight is 383 g/mol. The largest absolute Gasteiger partial charge is 0.492 e. The van der Waals surface area contributed by atoms with Gasteiger partial charge in [-0.1, -0.05) is 27.5 Å². The van der Waals surface area contributed by atoms with Crippen molar-refractivity contribution in [2.24, 2.45) is 0 Å². The van der Waals surface area contributed by atoms with Gasteiger partial charge < -0.3 is 10.1 Å². The summed E-state index contributed by atoms with van der Waals surface area (Å²) >= 11 is 9.49. The molecule has 0 bridgehead atoms. The van der Waals surface area contributed by atoms with Crippen LogP contribution in [0.2, 0.25) is 5.02 Å². The number of aryl methyl sites for hydroxylation is 2. The normalized spacial score (nSPS) is 10.4. The third kappa shape index (κ3) is 3.81. The van der Waals surface area contributed by atoms with Gasteiger partial charge in [0.1, 0.15) is 5.75 Å². The summed E-state index contributed by atoms with van der Waals surface area (Å²) in [7, 11) is 0. The third-order valence-electron chi connectivity index (χ3n) is 3.23. The van der Waals surface area contributed by atoms with E-state index in [1.54, 1.807) is 18.2 Å². The van der Waals surface area contributed by atoms with E-state index in [1.165, 1.54) is 0 Å². The zero-order chi connectivity index (χ0) is 16.3. The lowest BCUT2D eigenvalue weighted by Gasteiger charge is -2.13. The van der Waals surface area contributed by atoms with E-state index < -0.39 is 0 Å². The highest BCUT2D eigenvalue weighted by atomic mass is 79.9. The lowest BCUT2D eigenvalue weighted by atomic mass is 10.1. The number of amides is 1. The molecule has 0 unspecified atom stereocenters. The highest BCUT2D eigenvalue weighted by Crippen LogP contribution is 2.28. The Morgan fingerprint density at radius 3 is 2.45 bits per heavy atom. The molecule has 0 aliphatic heterocycles. The van der Waals surface area contributed by atoms with Gasteiger partial charge in [0.15, 0.2) is 0 Å². The van der Waals surface area contributed by atoms with E-state index in [4.69, 9.17) is 16.3 Å². The monoisotopic (exact) mass is 381 g/mol. The Morgan fingerprint density at radius 2 is 1.86 bits per heavy atom. The summed E-state index contributed by atoms with van der Waals surface area (Å²) in [5, 5.41) is 3.45. The van der Waals surface area contributed by atoms with Crippen LogP contribution in [0.5, 0.6) is 5.75 Å². The van der Waals surface area contributed by atoms with Crippen molar-refractivity contribution in [1.29, 1.82) is 0 Å². The van der Waals surface area contributed by atoms with Crippen molar-refractivity contribution in [2.75, 3.05) is 11.9 Å². The van der Waals surface area contributed by atoms with Crippen LogP contribution in [-0.2, 0) is 0 Å². The number of benzene rings is 2. The molecule has 0 fully saturated rings. The van der Waals surface area contributed by atoms with Gasteiger partial charge in [-0.2, -0.15) is 0 Å². The Hall–Kier alpha value is -1.52. The van der Waals surface area contributed by atoms with Crippen molar-refractivity contribution >= 4 is 39.1 Å². The average Bonchev–Trinajstić information content (AvgIpc) is 2.45. The minimum atomic E-state index is -0.189. The fraction of sp³-hybridized carbons (Fsp3) is 0.235. The van der Waals surface area contributed by atoms with Crippen molar-refractivity contribution in [3.63, 3.8) is 0 Å². The Morgan fingerprint density at radius 1 is 1.23 bits per heavy atom. The molecule has 0 aromatic heterocycles. The molecule has 2 rings (SSSR count). The van der Waals surface area contributed by atoms with Crippen LogP contribution in [-0.4, -0.2) is 12.5 Å². The molecule has 1 N–H and O–H groups in total. The van der Waals surface area contributed by atoms with Gasteiger partial charge >= 0.3 is 0 Å². The van der Waals surface area contributed by atoms with Gasteiger partial charge in [0.2, 0.25) is 0 Å². The van der Waals surface area contributed by atoms with Crippen LogP contribution in [0.3, 0.4) is 0 Å². The number of halogens is 2. The number of rotatable bonds is 4. The van der Waals surface area contributed by atoms with Crippen LogP contribution in [0.25, 0.3) is 0 Å². The highest BCUT2D eigenvalue weighted by molar-refractivity contribution is 9.10. The van der Waals surface area contributed by atoms with Crippen molar-refractivity contribution in [1.82, 2.24) is 0 Å². The van der Waals surface area contributed by atoms with Crippen LogP contribution < -0.4 is 10.1 Å². The van der Waals surface area contributed by atoms with Gasteiger partial charge in [-0.05, 0) is 62.2 Å². The van der Waals surface area contributed by atoms with Crippen molar-refractivity contribution in [3.8, 4) is 5.75 Å². The topological polar surface area (TPSA) is 38.3 Å². The van der Waals surface area contributed by atoms with Gasteiger partial charge in [-0.3, -0.25) is 4.79 Å². The SMILES string of the molecule is CCOc1cc(C(=O)Nc2c(C)cc(Br)cc2C)ccc1Cl. The molecule has 2 aromatic carbocycles. The quantitative estimate of drug-likeness (QED) is 0.772. The molecular formula is C17H17BrClNO2. The first-order valence-electron chi connectivity index (χ1n) is 6.92. The van der Waals surface area contributed by atoms with Gasteiger partial charge in [-0.25, -0.2) is 0 Å². The number of hydrogen-bond acceptors (Lipinski definition) is 2. The van der Waals surface area contributed by atoms with Crippen LogP contribution in [0.15, 0.2) is 34.8 Å².